The van der Waals surface area contributed by atoms with Gasteiger partial charge in [0.15, 0.2) is 0 Å². The van der Waals surface area contributed by atoms with Crippen LogP contribution in [0.25, 0.3) is 0 Å². The summed E-state index contributed by atoms with van der Waals surface area (Å²) in [4.78, 5) is 13.5. The van der Waals surface area contributed by atoms with Crippen LogP contribution in [-0.4, -0.2) is 23.8 Å². The molecule has 0 aliphatic carbocycles. The summed E-state index contributed by atoms with van der Waals surface area (Å²) in [5, 5.41) is 13.4. The third-order valence-corrected chi connectivity index (χ3v) is 4.41. The summed E-state index contributed by atoms with van der Waals surface area (Å²) < 4.78 is 0. The maximum absolute atomic E-state index is 11.2. The summed E-state index contributed by atoms with van der Waals surface area (Å²) in [5.74, 6) is -0.985. The van der Waals surface area contributed by atoms with Crippen molar-refractivity contribution in [2.75, 3.05) is 16.9 Å². The number of hydrazone groups is 1. The molecule has 0 saturated heterocycles. The fourth-order valence-corrected chi connectivity index (χ4v) is 2.90. The first-order valence-electron chi connectivity index (χ1n) is 9.17. The molecule has 142 valence electrons. The van der Waals surface area contributed by atoms with Crippen LogP contribution in [0.1, 0.15) is 28.4 Å². The van der Waals surface area contributed by atoms with Crippen LogP contribution in [0.15, 0.2) is 84.0 Å². The first kappa shape index (κ1) is 19.2. The van der Waals surface area contributed by atoms with Crippen molar-refractivity contribution in [2.24, 2.45) is 5.10 Å². The first-order valence-corrected chi connectivity index (χ1v) is 9.17. The molecule has 0 bridgehead atoms. The Hall–Kier alpha value is -3.60. The fraction of sp³-hybridized carbons (Fsp3) is 0.130. The van der Waals surface area contributed by atoms with Gasteiger partial charge in [-0.05, 0) is 42.3 Å². The molecule has 0 unspecified atom stereocenters. The van der Waals surface area contributed by atoms with E-state index >= 15 is 0 Å². The number of hydrogen-bond acceptors (Lipinski definition) is 4. The van der Waals surface area contributed by atoms with Crippen molar-refractivity contribution in [2.45, 2.75) is 13.5 Å². The second kappa shape index (κ2) is 9.37. The van der Waals surface area contributed by atoms with Gasteiger partial charge in [0.25, 0.3) is 0 Å². The summed E-state index contributed by atoms with van der Waals surface area (Å²) >= 11 is 0. The summed E-state index contributed by atoms with van der Waals surface area (Å²) in [6.45, 7) is 3.91. The van der Waals surface area contributed by atoms with Crippen molar-refractivity contribution in [3.8, 4) is 0 Å². The number of benzene rings is 3. The predicted molar refractivity (Wildman–Crippen MR) is 114 cm³/mol. The molecule has 5 heteroatoms. The number of hydrogen-bond donors (Lipinski definition) is 2. The molecule has 28 heavy (non-hydrogen) atoms. The van der Waals surface area contributed by atoms with E-state index < -0.39 is 5.97 Å². The van der Waals surface area contributed by atoms with Gasteiger partial charge in [-0.1, -0.05) is 54.6 Å². The van der Waals surface area contributed by atoms with Gasteiger partial charge in [-0.25, -0.2) is 4.79 Å². The Morgan fingerprint density at radius 1 is 1.00 bits per heavy atom. The molecule has 0 aromatic heterocycles. The maximum atomic E-state index is 11.2. The van der Waals surface area contributed by atoms with E-state index in [1.165, 1.54) is 5.56 Å². The van der Waals surface area contributed by atoms with E-state index in [1.54, 1.807) is 30.5 Å². The zero-order valence-corrected chi connectivity index (χ0v) is 15.7. The van der Waals surface area contributed by atoms with Gasteiger partial charge < -0.3 is 10.0 Å². The monoisotopic (exact) mass is 373 g/mol. The lowest BCUT2D eigenvalue weighted by molar-refractivity contribution is 0.0698. The van der Waals surface area contributed by atoms with Gasteiger partial charge in [0.1, 0.15) is 0 Å². The van der Waals surface area contributed by atoms with Gasteiger partial charge in [-0.3, -0.25) is 5.43 Å². The molecule has 2 N–H and O–H groups in total. The maximum Gasteiger partial charge on any atom is 0.337 e. The van der Waals surface area contributed by atoms with E-state index in [0.29, 0.717) is 5.69 Å². The largest absolute Gasteiger partial charge is 0.478 e. The lowest BCUT2D eigenvalue weighted by Gasteiger charge is -2.23. The molecule has 0 amide bonds. The summed E-state index contributed by atoms with van der Waals surface area (Å²) in [7, 11) is 0. The van der Waals surface area contributed by atoms with Crippen molar-refractivity contribution in [1.82, 2.24) is 0 Å². The lowest BCUT2D eigenvalue weighted by Crippen LogP contribution is -2.21. The molecule has 3 aromatic rings. The van der Waals surface area contributed by atoms with Gasteiger partial charge in [0, 0.05) is 18.8 Å². The van der Waals surface area contributed by atoms with Crippen molar-refractivity contribution in [1.29, 1.82) is 0 Å². The number of nitrogens with zero attached hydrogens (tertiary/aromatic N) is 2. The van der Waals surface area contributed by atoms with E-state index in [1.807, 2.05) is 18.2 Å². The Balaban J connectivity index is 1.65. The molecule has 0 fully saturated rings. The first-order chi connectivity index (χ1) is 13.7. The molecule has 0 heterocycles. The Labute approximate surface area is 165 Å². The third-order valence-electron chi connectivity index (χ3n) is 4.41. The summed E-state index contributed by atoms with van der Waals surface area (Å²) in [6.07, 6.45) is 1.68. The SMILES string of the molecule is CCN(Cc1ccccc1)c1ccc(C=NNc2ccccc2C(=O)O)cc1. The Morgan fingerprint density at radius 2 is 1.68 bits per heavy atom. The van der Waals surface area contributed by atoms with Gasteiger partial charge in [-0.2, -0.15) is 5.10 Å². The minimum Gasteiger partial charge on any atom is -0.478 e. The van der Waals surface area contributed by atoms with Crippen LogP contribution < -0.4 is 10.3 Å². The van der Waals surface area contributed by atoms with Crippen molar-refractivity contribution < 1.29 is 9.90 Å². The number of aromatic carboxylic acids is 1. The van der Waals surface area contributed by atoms with E-state index in [4.69, 9.17) is 0 Å². The number of anilines is 2. The van der Waals surface area contributed by atoms with E-state index in [0.717, 1.165) is 24.3 Å². The van der Waals surface area contributed by atoms with Crippen LogP contribution >= 0.6 is 0 Å². The smallest absolute Gasteiger partial charge is 0.337 e. The zero-order valence-electron chi connectivity index (χ0n) is 15.7. The second-order valence-corrected chi connectivity index (χ2v) is 6.31. The standard InChI is InChI=1S/C23H23N3O2/c1-2-26(17-19-8-4-3-5-9-19)20-14-12-18(13-15-20)16-24-25-22-11-7-6-10-21(22)23(27)28/h3-16,25H,2,17H2,1H3,(H,27,28). The molecular formula is C23H23N3O2. The Bertz CT molecular complexity index is 938. The third kappa shape index (κ3) is 4.98. The lowest BCUT2D eigenvalue weighted by atomic mass is 10.1. The molecule has 0 aliphatic heterocycles. The highest BCUT2D eigenvalue weighted by atomic mass is 16.4. The molecule has 0 atom stereocenters. The highest BCUT2D eigenvalue weighted by Crippen LogP contribution is 2.18. The predicted octanol–water partition coefficient (Wildman–Crippen LogP) is 4.86. The van der Waals surface area contributed by atoms with Crippen LogP contribution in [0.4, 0.5) is 11.4 Å². The van der Waals surface area contributed by atoms with E-state index in [2.05, 4.69) is 58.7 Å². The molecule has 0 saturated carbocycles. The topological polar surface area (TPSA) is 64.9 Å². The second-order valence-electron chi connectivity index (χ2n) is 6.31. The van der Waals surface area contributed by atoms with Gasteiger partial charge >= 0.3 is 5.97 Å². The number of carbonyl (C=O) groups is 1. The molecule has 0 aliphatic rings. The van der Waals surface area contributed by atoms with Crippen molar-refractivity contribution in [3.63, 3.8) is 0 Å². The number of nitrogens with one attached hydrogen (secondary N) is 1. The van der Waals surface area contributed by atoms with Gasteiger partial charge in [0.2, 0.25) is 0 Å². The molecule has 3 rings (SSSR count). The molecule has 5 nitrogen and oxygen atoms in total. The Kier molecular flexibility index (Phi) is 6.41. The van der Waals surface area contributed by atoms with Crippen molar-refractivity contribution in [3.05, 3.63) is 95.6 Å². The number of carboxylic acids is 1. The van der Waals surface area contributed by atoms with Crippen LogP contribution in [0.3, 0.4) is 0 Å². The fourth-order valence-electron chi connectivity index (χ4n) is 2.90. The highest BCUT2D eigenvalue weighted by Gasteiger charge is 2.08. The number of rotatable bonds is 8. The van der Waals surface area contributed by atoms with Crippen LogP contribution in [0, 0.1) is 0 Å². The molecule has 3 aromatic carbocycles. The minimum atomic E-state index is -0.985. The van der Waals surface area contributed by atoms with Gasteiger partial charge in [-0.15, -0.1) is 0 Å². The van der Waals surface area contributed by atoms with Gasteiger partial charge in [0.05, 0.1) is 17.5 Å². The number of carboxylic acid groups (broad SMARTS) is 1. The quantitative estimate of drug-likeness (QED) is 0.437. The highest BCUT2D eigenvalue weighted by molar-refractivity contribution is 5.94. The van der Waals surface area contributed by atoms with E-state index in [9.17, 15) is 9.90 Å². The zero-order chi connectivity index (χ0) is 19.8. The Morgan fingerprint density at radius 3 is 2.36 bits per heavy atom. The van der Waals surface area contributed by atoms with Crippen molar-refractivity contribution >= 4 is 23.6 Å². The van der Waals surface area contributed by atoms with Crippen LogP contribution in [-0.2, 0) is 6.54 Å². The normalized spacial score (nSPS) is 10.8. The molecular weight excluding hydrogens is 350 g/mol. The van der Waals surface area contributed by atoms with Crippen LogP contribution in [0.2, 0.25) is 0 Å². The number of para-hydroxylation sites is 1. The average molecular weight is 373 g/mol. The van der Waals surface area contributed by atoms with Crippen LogP contribution in [0.5, 0.6) is 0 Å². The summed E-state index contributed by atoms with van der Waals surface area (Å²) in [5.41, 5.74) is 6.80. The average Bonchev–Trinajstić information content (AvgIpc) is 2.73. The minimum absolute atomic E-state index is 0.189. The van der Waals surface area contributed by atoms with E-state index in [-0.39, 0.29) is 5.56 Å². The molecule has 0 radical (unpaired) electrons. The summed E-state index contributed by atoms with van der Waals surface area (Å²) in [6, 6.07) is 25.2. The molecule has 0 spiro atoms.